The van der Waals surface area contributed by atoms with Crippen molar-refractivity contribution in [3.8, 4) is 0 Å². The molecule has 0 aliphatic carbocycles. The van der Waals surface area contributed by atoms with Crippen molar-refractivity contribution in [1.82, 2.24) is 5.32 Å². The third-order valence-corrected chi connectivity index (χ3v) is 13.5. The second-order valence-corrected chi connectivity index (χ2v) is 20.0. The summed E-state index contributed by atoms with van der Waals surface area (Å²) in [7, 11) is 0. The largest absolute Gasteiger partial charge is 0.394 e. The lowest BCUT2D eigenvalue weighted by Gasteiger charge is -2.40. The number of carbonyl (C=O) groups excluding carboxylic acids is 1. The van der Waals surface area contributed by atoms with Gasteiger partial charge in [0.1, 0.15) is 36.6 Å². The molecule has 0 aromatic carbocycles. The Morgan fingerprint density at radius 3 is 1.39 bits per heavy atom. The lowest BCUT2D eigenvalue weighted by atomic mass is 9.98. The molecule has 1 fully saturated rings. The van der Waals surface area contributed by atoms with Crippen LogP contribution in [-0.4, -0.2) is 110 Å². The highest BCUT2D eigenvalue weighted by Crippen LogP contribution is 2.23. The van der Waals surface area contributed by atoms with Crippen molar-refractivity contribution in [3.05, 3.63) is 60.8 Å². The van der Waals surface area contributed by atoms with E-state index in [1.165, 1.54) is 128 Å². The molecule has 0 aromatic heterocycles. The van der Waals surface area contributed by atoms with Crippen LogP contribution in [0.2, 0.25) is 0 Å². The van der Waals surface area contributed by atoms with Gasteiger partial charge in [-0.25, -0.2) is 0 Å². The number of carbonyl (C=O) groups is 1. The van der Waals surface area contributed by atoms with Crippen LogP contribution in [0.15, 0.2) is 60.8 Å². The van der Waals surface area contributed by atoms with Crippen LogP contribution < -0.4 is 5.32 Å². The summed E-state index contributed by atoms with van der Waals surface area (Å²) in [5.41, 5.74) is 0. The van der Waals surface area contributed by atoms with Crippen molar-refractivity contribution in [2.75, 3.05) is 13.2 Å². The molecule has 0 aromatic rings. The fraction of sp³-hybridized carbons (Fsp3) is 0.814. The van der Waals surface area contributed by atoms with Gasteiger partial charge in [-0.2, -0.15) is 0 Å². The summed E-state index contributed by atoms with van der Waals surface area (Å²) in [5, 5.41) is 75.9. The molecule has 408 valence electrons. The van der Waals surface area contributed by atoms with Crippen LogP contribution in [0, 0.1) is 0 Å². The Kier molecular flexibility index (Phi) is 44.9. The van der Waals surface area contributed by atoms with Gasteiger partial charge in [0.2, 0.25) is 5.91 Å². The maximum absolute atomic E-state index is 13.1. The summed E-state index contributed by atoms with van der Waals surface area (Å²) in [6.07, 6.45) is 50.0. The summed E-state index contributed by atoms with van der Waals surface area (Å²) < 4.78 is 11.1. The number of hydrogen-bond donors (Lipinski definition) is 8. The zero-order chi connectivity index (χ0) is 51.1. The smallest absolute Gasteiger partial charge is 0.249 e. The van der Waals surface area contributed by atoms with E-state index in [-0.39, 0.29) is 12.8 Å². The van der Waals surface area contributed by atoms with Crippen molar-refractivity contribution in [1.29, 1.82) is 0 Å². The van der Waals surface area contributed by atoms with E-state index in [1.807, 2.05) is 0 Å². The average Bonchev–Trinajstić information content (AvgIpc) is 3.36. The molecule has 0 radical (unpaired) electrons. The van der Waals surface area contributed by atoms with Crippen molar-refractivity contribution < 1.29 is 50.0 Å². The van der Waals surface area contributed by atoms with Crippen molar-refractivity contribution in [2.24, 2.45) is 0 Å². The fourth-order valence-corrected chi connectivity index (χ4v) is 8.82. The van der Waals surface area contributed by atoms with Crippen LogP contribution in [0.3, 0.4) is 0 Å². The second kappa shape index (κ2) is 47.8. The monoisotopic (exact) mass is 990 g/mol. The van der Waals surface area contributed by atoms with E-state index < -0.39 is 74.2 Å². The van der Waals surface area contributed by atoms with E-state index in [2.05, 4.69) is 79.9 Å². The van der Waals surface area contributed by atoms with Gasteiger partial charge >= 0.3 is 0 Å². The van der Waals surface area contributed by atoms with Crippen LogP contribution in [0.4, 0.5) is 0 Å². The van der Waals surface area contributed by atoms with Gasteiger partial charge in [0.25, 0.3) is 0 Å². The number of unbranched alkanes of at least 4 members (excludes halogenated alkanes) is 27. The van der Waals surface area contributed by atoms with Crippen molar-refractivity contribution in [3.63, 3.8) is 0 Å². The molecule has 1 rings (SSSR count). The first kappa shape index (κ1) is 65.8. The van der Waals surface area contributed by atoms with E-state index in [9.17, 15) is 40.5 Å². The predicted octanol–water partition coefficient (Wildman–Crippen LogP) is 11.8. The summed E-state index contributed by atoms with van der Waals surface area (Å²) in [5.74, 6) is -0.726. The number of allylic oxidation sites excluding steroid dienone is 10. The molecule has 11 heteroatoms. The third-order valence-electron chi connectivity index (χ3n) is 13.5. The Morgan fingerprint density at radius 2 is 0.900 bits per heavy atom. The van der Waals surface area contributed by atoms with Crippen LogP contribution >= 0.6 is 0 Å². The molecule has 11 nitrogen and oxygen atoms in total. The Balaban J connectivity index is 2.33. The molecule has 9 atom stereocenters. The normalized spacial score (nSPS) is 20.7. The summed E-state index contributed by atoms with van der Waals surface area (Å²) in [4.78, 5) is 13.1. The van der Waals surface area contributed by atoms with Gasteiger partial charge in [0.05, 0.1) is 25.4 Å². The van der Waals surface area contributed by atoms with Crippen LogP contribution in [-0.2, 0) is 14.3 Å². The molecule has 0 bridgehead atoms. The van der Waals surface area contributed by atoms with Crippen LogP contribution in [0.1, 0.15) is 239 Å². The highest BCUT2D eigenvalue weighted by molar-refractivity contribution is 5.80. The first-order valence-electron chi connectivity index (χ1n) is 28.7. The molecule has 1 aliphatic rings. The summed E-state index contributed by atoms with van der Waals surface area (Å²) in [6, 6.07) is -1.20. The first-order chi connectivity index (χ1) is 34.2. The second-order valence-electron chi connectivity index (χ2n) is 20.0. The van der Waals surface area contributed by atoms with Gasteiger partial charge in [-0.1, -0.05) is 209 Å². The van der Waals surface area contributed by atoms with Gasteiger partial charge in [-0.3, -0.25) is 4.79 Å². The zero-order valence-electron chi connectivity index (χ0n) is 44.5. The summed E-state index contributed by atoms with van der Waals surface area (Å²) >= 11 is 0. The van der Waals surface area contributed by atoms with Crippen LogP contribution in [0.5, 0.6) is 0 Å². The Labute approximate surface area is 427 Å². The zero-order valence-corrected chi connectivity index (χ0v) is 44.5. The lowest BCUT2D eigenvalue weighted by molar-refractivity contribution is -0.303. The first-order valence-corrected chi connectivity index (χ1v) is 28.7. The van der Waals surface area contributed by atoms with E-state index in [0.717, 1.165) is 64.2 Å². The fourth-order valence-electron chi connectivity index (χ4n) is 8.82. The molecule has 9 unspecified atom stereocenters. The van der Waals surface area contributed by atoms with Gasteiger partial charge in [0.15, 0.2) is 6.29 Å². The SMILES string of the molecule is CCCCC/C=C\C=C/CCCCCCCC(O)C(=O)NC(COC1OC(CO)C(O)C(O)C1O)C(O)C(O)CCC/C=C/CC/C=C/CC/C=C/CCCCCCCCCCCCCCCCCC. The molecule has 1 heterocycles. The molecule has 70 heavy (non-hydrogen) atoms. The predicted molar refractivity (Wildman–Crippen MR) is 288 cm³/mol. The molecule has 1 amide bonds. The van der Waals surface area contributed by atoms with E-state index >= 15 is 0 Å². The molecule has 0 spiro atoms. The van der Waals surface area contributed by atoms with Gasteiger partial charge in [0, 0.05) is 0 Å². The van der Waals surface area contributed by atoms with E-state index in [4.69, 9.17) is 9.47 Å². The topological polar surface area (TPSA) is 189 Å². The van der Waals surface area contributed by atoms with E-state index in [1.54, 1.807) is 0 Å². The third kappa shape index (κ3) is 35.8. The Bertz CT molecular complexity index is 1320. The minimum absolute atomic E-state index is 0.229. The maximum atomic E-state index is 13.1. The minimum Gasteiger partial charge on any atom is -0.394 e. The van der Waals surface area contributed by atoms with Crippen LogP contribution in [0.25, 0.3) is 0 Å². The molecule has 1 saturated heterocycles. The number of aliphatic hydroxyl groups excluding tert-OH is 7. The Hall–Kier alpha value is -2.19. The van der Waals surface area contributed by atoms with E-state index in [0.29, 0.717) is 19.3 Å². The quantitative estimate of drug-likeness (QED) is 0.0165. The lowest BCUT2D eigenvalue weighted by Crippen LogP contribution is -2.60. The number of rotatable bonds is 48. The standard InChI is InChI=1S/C59H107NO10/c1-3-5-7-9-11-13-15-17-19-20-21-22-23-24-25-26-27-28-29-30-31-32-33-35-36-38-40-42-44-46-51(62)54(64)50(49-69-59-57(67)56(66)55(65)53(48-61)70-59)60-58(68)52(63)47-45-43-41-39-37-34-18-16-14-12-10-8-6-4-2/h12,14,16,18,28-29,32-33,38,40,50-57,59,61-67H,3-11,13,15,17,19-27,30-31,34-37,39,41-49H2,1-2H3,(H,60,68)/b14-12-,18-16-,29-28+,33-32+,40-38+. The number of nitrogens with one attached hydrogen (secondary N) is 1. The minimum atomic E-state index is -1.68. The molecular formula is C59H107NO10. The molecule has 8 N–H and O–H groups in total. The average molecular weight is 991 g/mol. The molecule has 0 saturated carbocycles. The molecular weight excluding hydrogens is 883 g/mol. The highest BCUT2D eigenvalue weighted by atomic mass is 16.7. The number of hydrogen-bond acceptors (Lipinski definition) is 10. The summed E-state index contributed by atoms with van der Waals surface area (Å²) in [6.45, 7) is 3.39. The maximum Gasteiger partial charge on any atom is 0.249 e. The van der Waals surface area contributed by atoms with Crippen molar-refractivity contribution in [2.45, 2.75) is 294 Å². The Morgan fingerprint density at radius 1 is 0.500 bits per heavy atom. The number of aliphatic hydroxyl groups is 7. The van der Waals surface area contributed by atoms with Crippen molar-refractivity contribution >= 4 is 5.91 Å². The highest BCUT2D eigenvalue weighted by Gasteiger charge is 2.44. The van der Waals surface area contributed by atoms with Gasteiger partial charge < -0.3 is 50.5 Å². The number of ether oxygens (including phenoxy) is 2. The van der Waals surface area contributed by atoms with Gasteiger partial charge in [-0.05, 0) is 89.9 Å². The number of amides is 1. The van der Waals surface area contributed by atoms with Gasteiger partial charge in [-0.15, -0.1) is 0 Å². The molecule has 1 aliphatic heterocycles.